The Labute approximate surface area is 422 Å². The number of nitrogens with zero attached hydrogens (tertiary/aromatic N) is 3. The highest BCUT2D eigenvalue weighted by Crippen LogP contribution is 2.11. The Morgan fingerprint density at radius 2 is 0.515 bits per heavy atom. The van der Waals surface area contributed by atoms with E-state index in [0.29, 0.717) is 51.9 Å². The smallest absolute Gasteiger partial charge is 0.0670 e. The normalized spacial score (nSPS) is 14.9. The summed E-state index contributed by atoms with van der Waals surface area (Å²) in [7, 11) is 2.13. The Bertz CT molecular complexity index is 1100. The zero-order valence-electron chi connectivity index (χ0n) is 45.1. The molecule has 0 spiro atoms. The van der Waals surface area contributed by atoms with Crippen molar-refractivity contribution in [1.29, 1.82) is 0 Å². The lowest BCUT2D eigenvalue weighted by molar-refractivity contribution is 0.0517. The van der Waals surface area contributed by atoms with E-state index in [-0.39, 0.29) is 0 Å². The maximum Gasteiger partial charge on any atom is 0.0670 e. The molecule has 0 aliphatic rings. The Balaban J connectivity index is 5.44. The Hall–Kier alpha value is -2.36. The second kappa shape index (κ2) is 52.5. The van der Waals surface area contributed by atoms with Crippen molar-refractivity contribution in [3.63, 3.8) is 0 Å². The molecule has 0 saturated heterocycles. The Morgan fingerprint density at radius 1 is 0.294 bits per heavy atom. The summed E-state index contributed by atoms with van der Waals surface area (Å²) in [6.45, 7) is 14.2. The number of hydrogen-bond donors (Lipinski definition) is 4. The van der Waals surface area contributed by atoms with Crippen LogP contribution in [0.25, 0.3) is 0 Å². The topological polar surface area (TPSA) is 90.6 Å². The lowest BCUT2D eigenvalue weighted by atomic mass is 10.1. The van der Waals surface area contributed by atoms with Gasteiger partial charge in [-0.05, 0) is 135 Å². The van der Waals surface area contributed by atoms with Gasteiger partial charge in [-0.3, -0.25) is 9.80 Å². The third-order valence-electron chi connectivity index (χ3n) is 12.5. The fourth-order valence-electron chi connectivity index (χ4n) is 8.04. The molecule has 0 radical (unpaired) electrons. The largest absolute Gasteiger partial charge is 0.392 e. The van der Waals surface area contributed by atoms with Crippen molar-refractivity contribution in [3.05, 3.63) is 97.2 Å². The molecule has 0 saturated carbocycles. The van der Waals surface area contributed by atoms with Crippen LogP contribution < -0.4 is 0 Å². The fourth-order valence-corrected chi connectivity index (χ4v) is 8.04. The SMILES string of the molecule is CCCCC/C=C\C/C=C\CCC(O)CN(CCN(C)CCN(CC(O)CC/C=C\C/C=C\CCCCC)CC(O)CC/C=C\C/C=C\CCCCC)CC(O)CC/C=C\C/C=C\CCCCC. The minimum absolute atomic E-state index is 0.465. The highest BCUT2D eigenvalue weighted by atomic mass is 16.3. The van der Waals surface area contributed by atoms with E-state index in [2.05, 4.69) is 147 Å². The van der Waals surface area contributed by atoms with Gasteiger partial charge in [0, 0.05) is 52.4 Å². The van der Waals surface area contributed by atoms with Gasteiger partial charge in [-0.1, -0.05) is 176 Å². The Kier molecular flexibility index (Phi) is 50.6. The number of unbranched alkanes of at least 4 members (excludes halogenated alkanes) is 12. The van der Waals surface area contributed by atoms with Crippen LogP contribution in [-0.4, -0.2) is 119 Å². The van der Waals surface area contributed by atoms with Gasteiger partial charge in [0.2, 0.25) is 0 Å². The minimum Gasteiger partial charge on any atom is -0.392 e. The van der Waals surface area contributed by atoms with Gasteiger partial charge < -0.3 is 25.3 Å². The van der Waals surface area contributed by atoms with E-state index >= 15 is 0 Å². The molecule has 0 fully saturated rings. The zero-order chi connectivity index (χ0) is 49.8. The summed E-state index contributed by atoms with van der Waals surface area (Å²) in [5, 5.41) is 44.6. The lowest BCUT2D eigenvalue weighted by Crippen LogP contribution is -2.44. The fraction of sp³-hybridized carbons (Fsp3) is 0.738. The Morgan fingerprint density at radius 3 is 0.735 bits per heavy atom. The van der Waals surface area contributed by atoms with E-state index in [1.807, 2.05) is 0 Å². The molecule has 0 rings (SSSR count). The predicted molar refractivity (Wildman–Crippen MR) is 299 cm³/mol. The van der Waals surface area contributed by atoms with Gasteiger partial charge >= 0.3 is 0 Å². The maximum absolute atomic E-state index is 11.2. The first-order chi connectivity index (χ1) is 33.2. The molecule has 7 heteroatoms. The molecule has 0 bridgehead atoms. The lowest BCUT2D eigenvalue weighted by Gasteiger charge is -2.31. The first kappa shape index (κ1) is 65.6. The van der Waals surface area contributed by atoms with Crippen LogP contribution in [0.15, 0.2) is 97.2 Å². The van der Waals surface area contributed by atoms with Crippen molar-refractivity contribution in [2.45, 2.75) is 232 Å². The van der Waals surface area contributed by atoms with Gasteiger partial charge in [-0.25, -0.2) is 0 Å². The molecule has 0 amide bonds. The van der Waals surface area contributed by atoms with Crippen LogP contribution in [0.4, 0.5) is 0 Å². The van der Waals surface area contributed by atoms with Crippen molar-refractivity contribution >= 4 is 0 Å². The molecule has 68 heavy (non-hydrogen) atoms. The van der Waals surface area contributed by atoms with Crippen molar-refractivity contribution in [2.75, 3.05) is 59.4 Å². The monoisotopic (exact) mass is 950 g/mol. The quantitative estimate of drug-likeness (QED) is 0.0357. The number of aliphatic hydroxyl groups excluding tert-OH is 4. The maximum atomic E-state index is 11.2. The van der Waals surface area contributed by atoms with Crippen molar-refractivity contribution in [1.82, 2.24) is 14.7 Å². The number of hydrogen-bond acceptors (Lipinski definition) is 7. The standard InChI is InChI=1S/C61H111N3O4/c1-6-10-14-18-22-26-30-34-38-42-46-58(65)54-63(55-59(66)47-43-39-35-31-27-23-19-15-11-7-2)52-50-62(5)51-53-64(56-60(67)48-44-40-36-32-28-24-20-16-12-8-3)57-61(68)49-45-41-37-33-29-25-21-17-13-9-4/h22-29,34-41,58-61,65-68H,6-21,30-33,42-57H2,1-5H3/b26-22-,27-23-,28-24-,29-25-,38-34-,39-35-,40-36-,41-37-. The second-order valence-corrected chi connectivity index (χ2v) is 19.4. The molecule has 0 aliphatic carbocycles. The van der Waals surface area contributed by atoms with Gasteiger partial charge in [0.05, 0.1) is 24.4 Å². The highest BCUT2D eigenvalue weighted by molar-refractivity contribution is 4.96. The summed E-state index contributed by atoms with van der Waals surface area (Å²) in [4.78, 5) is 6.80. The van der Waals surface area contributed by atoms with Crippen molar-refractivity contribution in [2.24, 2.45) is 0 Å². The second-order valence-electron chi connectivity index (χ2n) is 19.4. The average Bonchev–Trinajstić information content (AvgIpc) is 3.32. The molecule has 0 aliphatic heterocycles. The van der Waals surface area contributed by atoms with E-state index in [1.165, 1.54) is 77.0 Å². The molecule has 7 nitrogen and oxygen atoms in total. The van der Waals surface area contributed by atoms with Gasteiger partial charge in [-0.2, -0.15) is 0 Å². The summed E-state index contributed by atoms with van der Waals surface area (Å²) in [6.07, 6.45) is 63.6. The molecule has 394 valence electrons. The van der Waals surface area contributed by atoms with Crippen LogP contribution in [0.3, 0.4) is 0 Å². The van der Waals surface area contributed by atoms with Crippen LogP contribution in [0.5, 0.6) is 0 Å². The number of allylic oxidation sites excluding steroid dienone is 16. The van der Waals surface area contributed by atoms with Gasteiger partial charge in [-0.15, -0.1) is 0 Å². The zero-order valence-corrected chi connectivity index (χ0v) is 45.1. The molecule has 0 aromatic heterocycles. The minimum atomic E-state index is -0.465. The molecular weight excluding hydrogens is 839 g/mol. The third-order valence-corrected chi connectivity index (χ3v) is 12.5. The molecule has 0 heterocycles. The summed E-state index contributed by atoms with van der Waals surface area (Å²) in [5.41, 5.74) is 0. The van der Waals surface area contributed by atoms with Crippen LogP contribution in [-0.2, 0) is 0 Å². The van der Waals surface area contributed by atoms with E-state index in [1.54, 1.807) is 0 Å². The third kappa shape index (κ3) is 48.7. The number of likely N-dealkylation sites (N-methyl/N-ethyl adjacent to an activating group) is 1. The molecule has 4 atom stereocenters. The van der Waals surface area contributed by atoms with Gasteiger partial charge in [0.15, 0.2) is 0 Å². The molecule has 4 N–H and O–H groups in total. The van der Waals surface area contributed by atoms with Crippen LogP contribution in [0, 0.1) is 0 Å². The van der Waals surface area contributed by atoms with E-state index < -0.39 is 24.4 Å². The van der Waals surface area contributed by atoms with Crippen LogP contribution in [0.2, 0.25) is 0 Å². The molecule has 4 unspecified atom stereocenters. The summed E-state index contributed by atoms with van der Waals surface area (Å²) < 4.78 is 0. The molecule has 0 aromatic carbocycles. The van der Waals surface area contributed by atoms with E-state index in [9.17, 15) is 20.4 Å². The molecule has 0 aromatic rings. The van der Waals surface area contributed by atoms with Crippen LogP contribution in [0.1, 0.15) is 207 Å². The highest BCUT2D eigenvalue weighted by Gasteiger charge is 2.19. The predicted octanol–water partition coefficient (Wildman–Crippen LogP) is 14.4. The van der Waals surface area contributed by atoms with E-state index in [0.717, 1.165) is 103 Å². The first-order valence-electron chi connectivity index (χ1n) is 28.3. The van der Waals surface area contributed by atoms with Crippen molar-refractivity contribution < 1.29 is 20.4 Å². The van der Waals surface area contributed by atoms with Gasteiger partial charge in [0.1, 0.15) is 0 Å². The summed E-state index contributed by atoms with van der Waals surface area (Å²) in [6, 6.07) is 0. The van der Waals surface area contributed by atoms with Crippen molar-refractivity contribution in [3.8, 4) is 0 Å². The van der Waals surface area contributed by atoms with E-state index in [4.69, 9.17) is 0 Å². The molecular formula is C61H111N3O4. The van der Waals surface area contributed by atoms with Gasteiger partial charge in [0.25, 0.3) is 0 Å². The summed E-state index contributed by atoms with van der Waals surface area (Å²) >= 11 is 0. The number of rotatable bonds is 50. The van der Waals surface area contributed by atoms with Crippen LogP contribution >= 0.6 is 0 Å². The first-order valence-corrected chi connectivity index (χ1v) is 28.3. The average molecular weight is 951 g/mol. The number of aliphatic hydroxyl groups is 4. The summed E-state index contributed by atoms with van der Waals surface area (Å²) in [5.74, 6) is 0.